The second kappa shape index (κ2) is 6.88. The highest BCUT2D eigenvalue weighted by molar-refractivity contribution is 7.91. The van der Waals surface area contributed by atoms with E-state index in [4.69, 9.17) is 11.6 Å². The number of rotatable bonds is 5. The van der Waals surface area contributed by atoms with Gasteiger partial charge < -0.3 is 14.2 Å². The molecule has 0 fully saturated rings. The van der Waals surface area contributed by atoms with Gasteiger partial charge in [0, 0.05) is 6.07 Å². The number of nitrogens with one attached hydrogen (secondary N) is 1. The molecule has 0 unspecified atom stereocenters. The Morgan fingerprint density at radius 3 is 2.55 bits per heavy atom. The third-order valence-corrected chi connectivity index (χ3v) is 5.04. The molecule has 1 aromatic rings. The maximum Gasteiger partial charge on any atom is 0.513 e. The fraction of sp³-hybridized carbons (Fsp3) is 0.333. The summed E-state index contributed by atoms with van der Waals surface area (Å²) in [6.45, 7) is -0.563. The van der Waals surface area contributed by atoms with E-state index in [1.54, 1.807) is 0 Å². The van der Waals surface area contributed by atoms with Crippen LogP contribution < -0.4 is 9.46 Å². The van der Waals surface area contributed by atoms with Crippen molar-refractivity contribution in [3.63, 3.8) is 0 Å². The number of sulfonamides is 1. The van der Waals surface area contributed by atoms with E-state index < -0.39 is 28.7 Å². The Bertz CT molecular complexity index is 610. The summed E-state index contributed by atoms with van der Waals surface area (Å²) in [6, 6.07) is 1.15. The molecule has 0 amide bonds. The van der Waals surface area contributed by atoms with Crippen molar-refractivity contribution in [2.75, 3.05) is 20.8 Å². The normalized spacial score (nSPS) is 10.9. The molecule has 0 atom stereocenters. The van der Waals surface area contributed by atoms with Crippen molar-refractivity contribution in [1.82, 2.24) is 4.72 Å². The Labute approximate surface area is 123 Å². The van der Waals surface area contributed by atoms with Gasteiger partial charge in [-0.3, -0.25) is 4.79 Å². The molecule has 1 N–H and O–H groups in total. The quantitative estimate of drug-likeness (QED) is 0.794. The SMILES string of the molecule is COC(=O)CNS(=O)(=O)c1sc(Cl)cc1OC(=O)OC. The molecule has 1 aromatic heterocycles. The minimum Gasteiger partial charge on any atom is -0.468 e. The molecule has 1 rings (SSSR count). The molecule has 0 spiro atoms. The minimum absolute atomic E-state index is 0.0855. The van der Waals surface area contributed by atoms with Gasteiger partial charge in [0.2, 0.25) is 0 Å². The molecule has 0 saturated heterocycles. The Morgan fingerprint density at radius 1 is 1.35 bits per heavy atom. The fourth-order valence-corrected chi connectivity index (χ4v) is 3.71. The third-order valence-electron chi connectivity index (χ3n) is 1.87. The number of thiophene rings is 1. The molecule has 1 heterocycles. The van der Waals surface area contributed by atoms with E-state index in [1.165, 1.54) is 0 Å². The van der Waals surface area contributed by atoms with Crippen LogP contribution in [0.2, 0.25) is 4.34 Å². The van der Waals surface area contributed by atoms with Crippen LogP contribution >= 0.6 is 22.9 Å². The number of hydrogen-bond donors (Lipinski definition) is 1. The van der Waals surface area contributed by atoms with Crippen LogP contribution in [0.15, 0.2) is 10.3 Å². The number of carbonyl (C=O) groups is 2. The number of methoxy groups -OCH3 is 2. The maximum absolute atomic E-state index is 12.0. The number of hydrogen-bond acceptors (Lipinski definition) is 8. The van der Waals surface area contributed by atoms with Gasteiger partial charge in [0.1, 0.15) is 6.54 Å². The second-order valence-corrected chi connectivity index (χ2v) is 6.80. The highest BCUT2D eigenvalue weighted by Gasteiger charge is 2.26. The number of ether oxygens (including phenoxy) is 3. The first kappa shape index (κ1) is 16.7. The minimum atomic E-state index is -4.08. The molecule has 11 heteroatoms. The van der Waals surface area contributed by atoms with Gasteiger partial charge in [0.15, 0.2) is 9.96 Å². The molecule has 112 valence electrons. The Hall–Kier alpha value is -1.36. The van der Waals surface area contributed by atoms with Crippen LogP contribution in [0, 0.1) is 0 Å². The van der Waals surface area contributed by atoms with Crippen molar-refractivity contribution < 1.29 is 32.2 Å². The van der Waals surface area contributed by atoms with Crippen LogP contribution in [-0.2, 0) is 24.3 Å². The lowest BCUT2D eigenvalue weighted by Crippen LogP contribution is -2.30. The molecule has 20 heavy (non-hydrogen) atoms. The maximum atomic E-state index is 12.0. The summed E-state index contributed by atoms with van der Waals surface area (Å²) in [5.74, 6) is -1.06. The summed E-state index contributed by atoms with van der Waals surface area (Å²) in [6.07, 6.45) is -1.09. The Kier molecular flexibility index (Phi) is 5.74. The monoisotopic (exact) mass is 343 g/mol. The summed E-state index contributed by atoms with van der Waals surface area (Å²) in [5, 5.41) is 0. The molecular weight excluding hydrogens is 334 g/mol. The van der Waals surface area contributed by atoms with Gasteiger partial charge in [-0.2, -0.15) is 4.72 Å². The van der Waals surface area contributed by atoms with E-state index in [-0.39, 0.29) is 14.3 Å². The first-order valence-electron chi connectivity index (χ1n) is 4.91. The van der Waals surface area contributed by atoms with E-state index in [9.17, 15) is 18.0 Å². The predicted octanol–water partition coefficient (Wildman–Crippen LogP) is 0.998. The van der Waals surface area contributed by atoms with Gasteiger partial charge in [-0.05, 0) is 0 Å². The van der Waals surface area contributed by atoms with Gasteiger partial charge in [-0.1, -0.05) is 11.6 Å². The van der Waals surface area contributed by atoms with Gasteiger partial charge in [0.05, 0.1) is 18.6 Å². The van der Waals surface area contributed by atoms with Gasteiger partial charge in [0.25, 0.3) is 10.0 Å². The van der Waals surface area contributed by atoms with Crippen molar-refractivity contribution in [2.24, 2.45) is 0 Å². The Morgan fingerprint density at radius 2 is 2.00 bits per heavy atom. The van der Waals surface area contributed by atoms with Crippen LogP contribution in [0.3, 0.4) is 0 Å². The van der Waals surface area contributed by atoms with Gasteiger partial charge in [-0.25, -0.2) is 13.2 Å². The average Bonchev–Trinajstić information content (AvgIpc) is 2.77. The average molecular weight is 344 g/mol. The van der Waals surface area contributed by atoms with E-state index in [1.807, 2.05) is 4.72 Å². The highest BCUT2D eigenvalue weighted by Crippen LogP contribution is 2.36. The lowest BCUT2D eigenvalue weighted by molar-refractivity contribution is -0.139. The van der Waals surface area contributed by atoms with Crippen molar-refractivity contribution in [3.05, 3.63) is 10.4 Å². The van der Waals surface area contributed by atoms with E-state index >= 15 is 0 Å². The summed E-state index contributed by atoms with van der Waals surface area (Å²) < 4.78 is 38.9. The summed E-state index contributed by atoms with van der Waals surface area (Å²) in [7, 11) is -1.89. The highest BCUT2D eigenvalue weighted by atomic mass is 35.5. The van der Waals surface area contributed by atoms with Crippen LogP contribution in [0.5, 0.6) is 5.75 Å². The molecule has 0 radical (unpaired) electrons. The standard InChI is InChI=1S/C9H10ClNO7S2/c1-16-7(12)4-11-20(14,15)8-5(3-6(10)19-8)18-9(13)17-2/h3,11H,4H2,1-2H3. The van der Waals surface area contributed by atoms with Crippen molar-refractivity contribution >= 4 is 45.1 Å². The topological polar surface area (TPSA) is 108 Å². The first-order chi connectivity index (χ1) is 9.30. The zero-order chi connectivity index (χ0) is 15.3. The lowest BCUT2D eigenvalue weighted by Gasteiger charge is -2.06. The number of carbonyl (C=O) groups excluding carboxylic acids is 2. The van der Waals surface area contributed by atoms with Crippen LogP contribution in [0.1, 0.15) is 0 Å². The first-order valence-corrected chi connectivity index (χ1v) is 7.59. The van der Waals surface area contributed by atoms with Gasteiger partial charge >= 0.3 is 12.1 Å². The van der Waals surface area contributed by atoms with E-state index in [0.29, 0.717) is 11.3 Å². The third kappa shape index (κ3) is 4.34. The Balaban J connectivity index is 2.99. The molecule has 0 saturated carbocycles. The molecule has 0 aliphatic carbocycles. The fourth-order valence-electron chi connectivity index (χ4n) is 1.01. The largest absolute Gasteiger partial charge is 0.513 e. The molecular formula is C9H10ClNO7S2. The van der Waals surface area contributed by atoms with Gasteiger partial charge in [-0.15, -0.1) is 11.3 Å². The summed E-state index contributed by atoms with van der Waals surface area (Å²) in [5.41, 5.74) is 0. The molecule has 0 bridgehead atoms. The van der Waals surface area contributed by atoms with Crippen LogP contribution in [0.4, 0.5) is 4.79 Å². The predicted molar refractivity (Wildman–Crippen MR) is 69.6 cm³/mol. The molecule has 8 nitrogen and oxygen atoms in total. The summed E-state index contributed by atoms with van der Waals surface area (Å²) >= 11 is 6.35. The molecule has 0 aliphatic rings. The van der Waals surface area contributed by atoms with Crippen LogP contribution in [0.25, 0.3) is 0 Å². The van der Waals surface area contributed by atoms with Crippen molar-refractivity contribution in [2.45, 2.75) is 4.21 Å². The van der Waals surface area contributed by atoms with E-state index in [0.717, 1.165) is 20.3 Å². The van der Waals surface area contributed by atoms with E-state index in [2.05, 4.69) is 14.2 Å². The zero-order valence-corrected chi connectivity index (χ0v) is 12.7. The number of halogens is 1. The summed E-state index contributed by atoms with van der Waals surface area (Å²) in [4.78, 5) is 21.9. The van der Waals surface area contributed by atoms with Crippen molar-refractivity contribution in [3.8, 4) is 5.75 Å². The van der Waals surface area contributed by atoms with Crippen molar-refractivity contribution in [1.29, 1.82) is 0 Å². The molecule has 0 aromatic carbocycles. The second-order valence-electron chi connectivity index (χ2n) is 3.16. The lowest BCUT2D eigenvalue weighted by atomic mass is 10.6. The smallest absolute Gasteiger partial charge is 0.468 e. The number of esters is 1. The molecule has 0 aliphatic heterocycles. The zero-order valence-electron chi connectivity index (χ0n) is 10.3. The van der Waals surface area contributed by atoms with Crippen LogP contribution in [-0.4, -0.2) is 41.3 Å².